The molecule has 0 heterocycles. The Kier molecular flexibility index (Phi) is 11.9. The van der Waals surface area contributed by atoms with Crippen LogP contribution < -0.4 is 9.62 Å². The zero-order chi connectivity index (χ0) is 34.2. The molecule has 0 spiro atoms. The Labute approximate surface area is 282 Å². The van der Waals surface area contributed by atoms with Gasteiger partial charge in [0.15, 0.2) is 0 Å². The molecule has 1 atom stereocenters. The Morgan fingerprint density at radius 2 is 1.47 bits per heavy atom. The molecule has 0 radical (unpaired) electrons. The minimum Gasteiger partial charge on any atom is -0.354 e. The monoisotopic (exact) mass is 705 g/mol. The summed E-state index contributed by atoms with van der Waals surface area (Å²) in [4.78, 5) is 29.1. The zero-order valence-corrected chi connectivity index (χ0v) is 27.6. The van der Waals surface area contributed by atoms with Crippen LogP contribution >= 0.6 is 23.2 Å². The minimum atomic E-state index is -4.91. The van der Waals surface area contributed by atoms with Crippen molar-refractivity contribution < 1.29 is 31.2 Å². The van der Waals surface area contributed by atoms with E-state index in [-0.39, 0.29) is 17.9 Å². The van der Waals surface area contributed by atoms with Gasteiger partial charge in [0.2, 0.25) is 11.8 Å². The van der Waals surface area contributed by atoms with E-state index in [2.05, 4.69) is 5.32 Å². The summed E-state index contributed by atoms with van der Waals surface area (Å²) in [5, 5.41) is 2.49. The molecule has 0 fully saturated rings. The first-order chi connectivity index (χ1) is 22.3. The van der Waals surface area contributed by atoms with E-state index in [0.717, 1.165) is 17.7 Å². The van der Waals surface area contributed by atoms with Crippen molar-refractivity contribution in [3.63, 3.8) is 0 Å². The van der Waals surface area contributed by atoms with Crippen LogP contribution in [0.2, 0.25) is 10.0 Å². The molecule has 0 aliphatic heterocycles. The van der Waals surface area contributed by atoms with Gasteiger partial charge in [-0.1, -0.05) is 96.9 Å². The summed E-state index contributed by atoms with van der Waals surface area (Å²) in [6, 6.07) is 24.1. The summed E-state index contributed by atoms with van der Waals surface area (Å²) in [6.07, 6.45) is -4.23. The molecule has 4 rings (SSSR count). The van der Waals surface area contributed by atoms with Gasteiger partial charge in [-0.05, 0) is 53.9 Å². The van der Waals surface area contributed by atoms with Crippen LogP contribution in [-0.4, -0.2) is 44.3 Å². The Bertz CT molecular complexity index is 1790. The van der Waals surface area contributed by atoms with Crippen molar-refractivity contribution in [2.24, 2.45) is 0 Å². The van der Waals surface area contributed by atoms with Gasteiger partial charge < -0.3 is 10.2 Å². The Morgan fingerprint density at radius 3 is 2.09 bits per heavy atom. The van der Waals surface area contributed by atoms with E-state index in [1.165, 1.54) is 29.2 Å². The maximum Gasteiger partial charge on any atom is 0.417 e. The highest BCUT2D eigenvalue weighted by Crippen LogP contribution is 2.38. The third kappa shape index (κ3) is 9.06. The summed E-state index contributed by atoms with van der Waals surface area (Å²) in [5.74, 6) is -1.33. The Morgan fingerprint density at radius 1 is 0.851 bits per heavy atom. The van der Waals surface area contributed by atoms with Gasteiger partial charge in [-0.25, -0.2) is 8.42 Å². The normalized spacial score (nSPS) is 12.3. The first-order valence-corrected chi connectivity index (χ1v) is 16.8. The molecule has 0 unspecified atom stereocenters. The number of hydrogen-bond donors (Lipinski definition) is 1. The van der Waals surface area contributed by atoms with E-state index in [4.69, 9.17) is 23.2 Å². The van der Waals surface area contributed by atoms with Crippen LogP contribution in [0.3, 0.4) is 0 Å². The van der Waals surface area contributed by atoms with Gasteiger partial charge in [-0.3, -0.25) is 13.9 Å². The lowest BCUT2D eigenvalue weighted by molar-refractivity contribution is -0.140. The number of sulfonamides is 1. The third-order valence-corrected chi connectivity index (χ3v) is 9.76. The fourth-order valence-corrected chi connectivity index (χ4v) is 6.71. The molecule has 0 bridgehead atoms. The molecule has 0 saturated heterocycles. The standard InChI is InChI=1S/C34H32Cl2F3N3O4S/c1-2-19-40-33(44)31(20-24-11-5-3-6-12-24)41(22-25-13-9-10-16-29(25)35)32(43)23-42(47(45,46)27-14-7-4-8-15-27)26-17-18-30(36)28(21-26)34(37,38)39/h3-18,21,31H,2,19-20,22-23H2,1H3,(H,40,44)/t31-/m1/s1. The maximum absolute atomic E-state index is 14.4. The van der Waals surface area contributed by atoms with Gasteiger partial charge in [-0.2, -0.15) is 13.2 Å². The molecule has 4 aromatic carbocycles. The van der Waals surface area contributed by atoms with E-state index in [1.54, 1.807) is 60.7 Å². The van der Waals surface area contributed by atoms with Crippen molar-refractivity contribution in [3.8, 4) is 0 Å². The number of alkyl halides is 3. The van der Waals surface area contributed by atoms with Crippen LogP contribution in [-0.2, 0) is 38.8 Å². The molecule has 0 aliphatic carbocycles. The molecule has 4 aromatic rings. The first-order valence-electron chi connectivity index (χ1n) is 14.6. The third-order valence-electron chi connectivity index (χ3n) is 7.27. The van der Waals surface area contributed by atoms with Gasteiger partial charge in [0.05, 0.1) is 21.2 Å². The number of carbonyl (C=O) groups is 2. The van der Waals surface area contributed by atoms with Gasteiger partial charge in [0.25, 0.3) is 10.0 Å². The zero-order valence-electron chi connectivity index (χ0n) is 25.3. The second kappa shape index (κ2) is 15.7. The summed E-state index contributed by atoms with van der Waals surface area (Å²) in [7, 11) is -4.61. The van der Waals surface area contributed by atoms with Gasteiger partial charge in [0, 0.05) is 24.5 Å². The quantitative estimate of drug-likeness (QED) is 0.157. The lowest BCUT2D eigenvalue weighted by atomic mass is 10.0. The first kappa shape index (κ1) is 35.8. The van der Waals surface area contributed by atoms with Crippen LogP contribution in [0, 0.1) is 0 Å². The number of nitrogens with one attached hydrogen (secondary N) is 1. The lowest BCUT2D eigenvalue weighted by Crippen LogP contribution is -2.53. The SMILES string of the molecule is CCCNC(=O)[C@@H](Cc1ccccc1)N(Cc1ccccc1Cl)C(=O)CN(c1ccc(Cl)c(C(F)(F)F)c1)S(=O)(=O)c1ccccc1. The van der Waals surface area contributed by atoms with Gasteiger partial charge in [-0.15, -0.1) is 0 Å². The smallest absolute Gasteiger partial charge is 0.354 e. The van der Waals surface area contributed by atoms with Crippen LogP contribution in [0.15, 0.2) is 108 Å². The molecule has 0 aliphatic rings. The fraction of sp³-hybridized carbons (Fsp3) is 0.235. The van der Waals surface area contributed by atoms with Crippen molar-refractivity contribution in [2.45, 2.75) is 43.4 Å². The number of anilines is 1. The van der Waals surface area contributed by atoms with E-state index in [1.807, 2.05) is 6.92 Å². The van der Waals surface area contributed by atoms with Crippen LogP contribution in [0.25, 0.3) is 0 Å². The molecule has 0 saturated carbocycles. The highest BCUT2D eigenvalue weighted by molar-refractivity contribution is 7.92. The molecule has 2 amide bonds. The van der Waals surface area contributed by atoms with E-state index < -0.39 is 56.9 Å². The van der Waals surface area contributed by atoms with Gasteiger partial charge in [0.1, 0.15) is 12.6 Å². The maximum atomic E-state index is 14.4. The number of nitrogens with zero attached hydrogens (tertiary/aromatic N) is 2. The van der Waals surface area contributed by atoms with E-state index in [0.29, 0.717) is 33.9 Å². The summed E-state index contributed by atoms with van der Waals surface area (Å²) >= 11 is 12.3. The predicted molar refractivity (Wildman–Crippen MR) is 177 cm³/mol. The number of rotatable bonds is 13. The van der Waals surface area contributed by atoms with Crippen molar-refractivity contribution in [1.29, 1.82) is 0 Å². The second-order valence-electron chi connectivity index (χ2n) is 10.6. The van der Waals surface area contributed by atoms with E-state index in [9.17, 15) is 31.2 Å². The largest absolute Gasteiger partial charge is 0.417 e. The predicted octanol–water partition coefficient (Wildman–Crippen LogP) is 7.37. The average Bonchev–Trinajstić information content (AvgIpc) is 3.05. The Hall–Kier alpha value is -4.06. The topological polar surface area (TPSA) is 86.8 Å². The Balaban J connectivity index is 1.86. The molecule has 7 nitrogen and oxygen atoms in total. The number of amides is 2. The van der Waals surface area contributed by atoms with Crippen molar-refractivity contribution in [2.75, 3.05) is 17.4 Å². The average molecular weight is 707 g/mol. The summed E-state index contributed by atoms with van der Waals surface area (Å²) in [6.45, 7) is 1.06. The van der Waals surface area contributed by atoms with Crippen LogP contribution in [0.1, 0.15) is 30.0 Å². The molecule has 13 heteroatoms. The molecule has 47 heavy (non-hydrogen) atoms. The number of carbonyl (C=O) groups excluding carboxylic acids is 2. The molecule has 1 N–H and O–H groups in total. The van der Waals surface area contributed by atoms with E-state index >= 15 is 0 Å². The van der Waals surface area contributed by atoms with Crippen molar-refractivity contribution in [1.82, 2.24) is 10.2 Å². The number of hydrogen-bond acceptors (Lipinski definition) is 4. The molecular formula is C34H32Cl2F3N3O4S. The van der Waals surface area contributed by atoms with Crippen molar-refractivity contribution in [3.05, 3.63) is 130 Å². The number of benzene rings is 4. The number of halogens is 5. The van der Waals surface area contributed by atoms with Crippen LogP contribution in [0.4, 0.5) is 18.9 Å². The van der Waals surface area contributed by atoms with Gasteiger partial charge >= 0.3 is 6.18 Å². The highest BCUT2D eigenvalue weighted by Gasteiger charge is 2.37. The summed E-state index contributed by atoms with van der Waals surface area (Å²) in [5.41, 5.74) is -0.507. The molecule has 248 valence electrons. The van der Waals surface area contributed by atoms with Crippen molar-refractivity contribution >= 4 is 50.7 Å². The highest BCUT2D eigenvalue weighted by atomic mass is 35.5. The summed E-state index contributed by atoms with van der Waals surface area (Å²) < 4.78 is 70.4. The molecular weight excluding hydrogens is 674 g/mol. The lowest BCUT2D eigenvalue weighted by Gasteiger charge is -2.34. The minimum absolute atomic E-state index is 0.0666. The van der Waals surface area contributed by atoms with Crippen LogP contribution in [0.5, 0.6) is 0 Å². The second-order valence-corrected chi connectivity index (χ2v) is 13.3. The molecule has 0 aromatic heterocycles. The fourth-order valence-electron chi connectivity index (χ4n) is 4.86.